The molecule has 0 unspecified atom stereocenters. The van der Waals surface area contributed by atoms with Gasteiger partial charge in [0.2, 0.25) is 0 Å². The van der Waals surface area contributed by atoms with E-state index in [1.165, 1.54) is 78.7 Å². The van der Waals surface area contributed by atoms with Gasteiger partial charge in [-0.25, -0.2) is 4.98 Å². The van der Waals surface area contributed by atoms with Crippen LogP contribution in [0.3, 0.4) is 0 Å². The van der Waals surface area contributed by atoms with Crippen LogP contribution in [0.1, 0.15) is 63.5 Å². The fourth-order valence-corrected chi connectivity index (χ4v) is 7.39. The fourth-order valence-electron chi connectivity index (χ4n) is 6.19. The van der Waals surface area contributed by atoms with Gasteiger partial charge in [-0.3, -0.25) is 0 Å². The number of hydrogen-bond donors (Lipinski definition) is 0. The number of hydrogen-bond acceptors (Lipinski definition) is 2. The summed E-state index contributed by atoms with van der Waals surface area (Å²) in [5.41, 5.74) is 6.47. The van der Waals surface area contributed by atoms with Crippen LogP contribution in [0.25, 0.3) is 53.1 Å². The molecule has 0 atom stereocenters. The van der Waals surface area contributed by atoms with Crippen LogP contribution in [0, 0.1) is 0 Å². The average molecular weight is 486 g/mol. The third-order valence-corrected chi connectivity index (χ3v) is 9.36. The van der Waals surface area contributed by atoms with Gasteiger partial charge >= 0.3 is 0 Å². The second kappa shape index (κ2) is 8.15. The average Bonchev–Trinajstić information content (AvgIpc) is 3.55. The molecule has 0 saturated heterocycles. The van der Waals surface area contributed by atoms with Gasteiger partial charge in [-0.05, 0) is 76.4 Å². The Hall–Kier alpha value is -3.23. The Morgan fingerprint density at radius 2 is 1.53 bits per heavy atom. The van der Waals surface area contributed by atoms with Crippen LogP contribution in [0.15, 0.2) is 78.9 Å². The lowest BCUT2D eigenvalue weighted by Crippen LogP contribution is -2.11. The molecule has 0 radical (unpaired) electrons. The van der Waals surface area contributed by atoms with Gasteiger partial charge in [0.25, 0.3) is 0 Å². The fraction of sp³-hybridized carbons (Fsp3) is 0.265. The highest BCUT2D eigenvalue weighted by Gasteiger charge is 2.24. The summed E-state index contributed by atoms with van der Waals surface area (Å²) in [6.07, 6.45) is 5.22. The summed E-state index contributed by atoms with van der Waals surface area (Å²) in [7, 11) is 0. The Kier molecular flexibility index (Phi) is 4.98. The van der Waals surface area contributed by atoms with Crippen molar-refractivity contribution in [2.45, 2.75) is 57.8 Å². The number of pyridine rings is 1. The van der Waals surface area contributed by atoms with Crippen molar-refractivity contribution in [3.8, 4) is 11.3 Å². The molecule has 7 rings (SSSR count). The first-order valence-corrected chi connectivity index (χ1v) is 14.1. The largest absolute Gasteiger partial charge is 0.248 e. The summed E-state index contributed by atoms with van der Waals surface area (Å²) >= 11 is 1.91. The third-order valence-electron chi connectivity index (χ3n) is 8.14. The van der Waals surface area contributed by atoms with Crippen molar-refractivity contribution in [2.24, 2.45) is 0 Å². The van der Waals surface area contributed by atoms with Crippen molar-refractivity contribution < 1.29 is 0 Å². The molecule has 0 bridgehead atoms. The van der Waals surface area contributed by atoms with E-state index < -0.39 is 0 Å². The summed E-state index contributed by atoms with van der Waals surface area (Å²) in [5.74, 6) is 0.615. The molecule has 1 nitrogen and oxygen atoms in total. The Labute approximate surface area is 216 Å². The first kappa shape index (κ1) is 22.0. The highest BCUT2D eigenvalue weighted by atomic mass is 32.1. The van der Waals surface area contributed by atoms with Gasteiger partial charge in [0.15, 0.2) is 0 Å². The minimum atomic E-state index is 0.0628. The highest BCUT2D eigenvalue weighted by Crippen LogP contribution is 2.45. The zero-order chi connectivity index (χ0) is 24.4. The minimum absolute atomic E-state index is 0.0628. The van der Waals surface area contributed by atoms with Crippen molar-refractivity contribution in [3.05, 3.63) is 90.0 Å². The summed E-state index contributed by atoms with van der Waals surface area (Å²) in [4.78, 5) is 5.38. The van der Waals surface area contributed by atoms with Gasteiger partial charge in [0.05, 0.1) is 11.2 Å². The van der Waals surface area contributed by atoms with E-state index >= 15 is 0 Å². The molecule has 178 valence electrons. The SMILES string of the molecule is CC(C)(C)c1cc(-c2cc(C3CCCC3)c3c(ccc4ccccc43)n2)c2sc3ccccc3c2c1. The molecule has 0 aliphatic heterocycles. The lowest BCUT2D eigenvalue weighted by Gasteiger charge is -2.21. The number of rotatable bonds is 2. The third kappa shape index (κ3) is 3.46. The van der Waals surface area contributed by atoms with E-state index in [0.717, 1.165) is 11.2 Å². The smallest absolute Gasteiger partial charge is 0.0727 e. The van der Waals surface area contributed by atoms with Gasteiger partial charge in [-0.15, -0.1) is 11.3 Å². The zero-order valence-electron chi connectivity index (χ0n) is 21.3. The van der Waals surface area contributed by atoms with Gasteiger partial charge in [0, 0.05) is 31.1 Å². The molecule has 1 fully saturated rings. The first-order valence-electron chi connectivity index (χ1n) is 13.3. The molecule has 2 heterocycles. The quantitative estimate of drug-likeness (QED) is 0.222. The van der Waals surface area contributed by atoms with Crippen molar-refractivity contribution in [1.29, 1.82) is 0 Å². The molecule has 1 saturated carbocycles. The standard InChI is InChI=1S/C34H31NS/c1-34(2,3)23-18-27-25-14-8-9-15-31(25)36-33(27)28(19-23)30-20-26(21-10-4-5-11-21)32-24-13-7-6-12-22(24)16-17-29(32)35-30/h6-9,12-21H,4-5,10-11H2,1-3H3. The topological polar surface area (TPSA) is 12.9 Å². The van der Waals surface area contributed by atoms with E-state index in [0.29, 0.717) is 5.92 Å². The van der Waals surface area contributed by atoms with Crippen molar-refractivity contribution >= 4 is 53.2 Å². The predicted molar refractivity (Wildman–Crippen MR) is 157 cm³/mol. The predicted octanol–water partition coefficient (Wildman–Crippen LogP) is 10.4. The summed E-state index contributed by atoms with van der Waals surface area (Å²) in [6, 6.07) is 29.4. The van der Waals surface area contributed by atoms with Gasteiger partial charge in [0.1, 0.15) is 0 Å². The molecule has 36 heavy (non-hydrogen) atoms. The van der Waals surface area contributed by atoms with E-state index in [-0.39, 0.29) is 5.41 Å². The van der Waals surface area contributed by atoms with Crippen molar-refractivity contribution in [3.63, 3.8) is 0 Å². The maximum atomic E-state index is 5.38. The Morgan fingerprint density at radius 3 is 2.33 bits per heavy atom. The zero-order valence-corrected chi connectivity index (χ0v) is 22.1. The molecule has 2 heteroatoms. The molecule has 6 aromatic rings. The Balaban J connectivity index is 1.59. The number of benzene rings is 4. The molecule has 1 aliphatic carbocycles. The number of fused-ring (bicyclic) bond motifs is 6. The molecule has 1 aliphatic rings. The molecular weight excluding hydrogens is 454 g/mol. The molecule has 2 aromatic heterocycles. The minimum Gasteiger partial charge on any atom is -0.248 e. The summed E-state index contributed by atoms with van der Waals surface area (Å²) in [6.45, 7) is 6.95. The van der Waals surface area contributed by atoms with E-state index in [2.05, 4.69) is 99.6 Å². The van der Waals surface area contributed by atoms with Crippen molar-refractivity contribution in [2.75, 3.05) is 0 Å². The van der Waals surface area contributed by atoms with E-state index in [9.17, 15) is 0 Å². The monoisotopic (exact) mass is 485 g/mol. The van der Waals surface area contributed by atoms with Crippen LogP contribution < -0.4 is 0 Å². The summed E-state index contributed by atoms with van der Waals surface area (Å²) < 4.78 is 2.71. The van der Waals surface area contributed by atoms with Crippen LogP contribution in [-0.4, -0.2) is 4.98 Å². The Morgan fingerprint density at radius 1 is 0.778 bits per heavy atom. The van der Waals surface area contributed by atoms with E-state index in [1.54, 1.807) is 0 Å². The Bertz CT molecular complexity index is 1780. The van der Waals surface area contributed by atoms with Gasteiger partial charge in [-0.1, -0.05) is 82.1 Å². The van der Waals surface area contributed by atoms with E-state index in [1.807, 2.05) is 11.3 Å². The van der Waals surface area contributed by atoms with E-state index in [4.69, 9.17) is 4.98 Å². The number of aromatic nitrogens is 1. The molecule has 0 amide bonds. The van der Waals surface area contributed by atoms with Crippen molar-refractivity contribution in [1.82, 2.24) is 4.98 Å². The summed E-state index contributed by atoms with van der Waals surface area (Å²) in [5, 5.41) is 6.73. The van der Waals surface area contributed by atoms with Crippen LogP contribution in [0.5, 0.6) is 0 Å². The van der Waals surface area contributed by atoms with Gasteiger partial charge < -0.3 is 0 Å². The lowest BCUT2D eigenvalue weighted by atomic mass is 9.84. The number of nitrogens with zero attached hydrogens (tertiary/aromatic N) is 1. The molecular formula is C34H31NS. The molecule has 0 spiro atoms. The molecule has 4 aromatic carbocycles. The maximum Gasteiger partial charge on any atom is 0.0727 e. The van der Waals surface area contributed by atoms with Crippen LogP contribution in [-0.2, 0) is 5.41 Å². The lowest BCUT2D eigenvalue weighted by molar-refractivity contribution is 0.591. The molecule has 0 N–H and O–H groups in total. The van der Waals surface area contributed by atoms with Crippen LogP contribution >= 0.6 is 11.3 Å². The second-order valence-corrected chi connectivity index (χ2v) is 12.6. The van der Waals surface area contributed by atoms with Crippen LogP contribution in [0.4, 0.5) is 0 Å². The van der Waals surface area contributed by atoms with Crippen LogP contribution in [0.2, 0.25) is 0 Å². The maximum absolute atomic E-state index is 5.38. The first-order chi connectivity index (χ1) is 17.5. The normalized spacial score (nSPS) is 15.1. The highest BCUT2D eigenvalue weighted by molar-refractivity contribution is 7.26. The second-order valence-electron chi connectivity index (χ2n) is 11.5. The number of thiophene rings is 1. The van der Waals surface area contributed by atoms with Gasteiger partial charge in [-0.2, -0.15) is 0 Å².